The van der Waals surface area contributed by atoms with Gasteiger partial charge in [0.1, 0.15) is 5.75 Å². The second kappa shape index (κ2) is 8.89. The molecule has 0 saturated carbocycles. The van der Waals surface area contributed by atoms with Crippen LogP contribution in [0.25, 0.3) is 6.08 Å². The fourth-order valence-electron chi connectivity index (χ4n) is 2.01. The molecule has 0 unspecified atom stereocenters. The molecule has 0 fully saturated rings. The number of anilines is 1. The number of ether oxygens (including phenoxy) is 2. The molecule has 25 heavy (non-hydrogen) atoms. The minimum atomic E-state index is -0.975. The van der Waals surface area contributed by atoms with Crippen LogP contribution in [0.1, 0.15) is 12.5 Å². The van der Waals surface area contributed by atoms with E-state index in [1.165, 1.54) is 20.1 Å². The van der Waals surface area contributed by atoms with Gasteiger partial charge in [-0.25, -0.2) is 4.79 Å². The van der Waals surface area contributed by atoms with Gasteiger partial charge in [0, 0.05) is 11.1 Å². The molecule has 0 aliphatic heterocycles. The van der Waals surface area contributed by atoms with E-state index in [-0.39, 0.29) is 0 Å². The highest BCUT2D eigenvalue weighted by Crippen LogP contribution is 2.27. The second-order valence-corrected chi connectivity index (χ2v) is 5.59. The monoisotopic (exact) mass is 359 g/mol. The Kier molecular flexibility index (Phi) is 6.60. The molecule has 0 aliphatic rings. The zero-order chi connectivity index (χ0) is 18.2. The van der Waals surface area contributed by atoms with Crippen LogP contribution in [0.2, 0.25) is 5.02 Å². The Bertz CT molecular complexity index is 774. The van der Waals surface area contributed by atoms with Crippen molar-refractivity contribution in [3.63, 3.8) is 0 Å². The molecule has 130 valence electrons. The predicted molar refractivity (Wildman–Crippen MR) is 97.7 cm³/mol. The number of rotatable bonds is 6. The summed E-state index contributed by atoms with van der Waals surface area (Å²) < 4.78 is 10.3. The molecule has 2 aromatic carbocycles. The molecule has 0 aliphatic carbocycles. The number of nitrogens with one attached hydrogen (secondary N) is 1. The second-order valence-electron chi connectivity index (χ2n) is 5.16. The van der Waals surface area contributed by atoms with Gasteiger partial charge in [0.25, 0.3) is 5.91 Å². The van der Waals surface area contributed by atoms with Gasteiger partial charge in [-0.3, -0.25) is 4.79 Å². The van der Waals surface area contributed by atoms with Crippen LogP contribution in [0.5, 0.6) is 5.75 Å². The number of carbonyl (C=O) groups excluding carboxylic acids is 2. The van der Waals surface area contributed by atoms with Crippen LogP contribution in [0, 0.1) is 0 Å². The molecule has 2 aromatic rings. The Labute approximate surface area is 151 Å². The maximum Gasteiger partial charge on any atom is 0.331 e. The molecule has 0 heterocycles. The van der Waals surface area contributed by atoms with Crippen molar-refractivity contribution in [2.24, 2.45) is 0 Å². The molecule has 0 aromatic heterocycles. The zero-order valence-electron chi connectivity index (χ0n) is 13.9. The van der Waals surface area contributed by atoms with Gasteiger partial charge in [0.15, 0.2) is 6.10 Å². The number of benzene rings is 2. The van der Waals surface area contributed by atoms with Crippen molar-refractivity contribution in [3.8, 4) is 5.75 Å². The standard InChI is InChI=1S/C19H18ClNO4/c1-13(25-18(22)11-8-14-6-4-3-5-7-14)19(23)21-16-12-15(20)9-10-17(16)24-2/h3-13H,1-2H3,(H,21,23)/b11-8+/t13-/m1/s1. The molecule has 1 N–H and O–H groups in total. The molecule has 6 heteroatoms. The van der Waals surface area contributed by atoms with Crippen molar-refractivity contribution in [2.75, 3.05) is 12.4 Å². The summed E-state index contributed by atoms with van der Waals surface area (Å²) in [6.45, 7) is 1.49. The molecule has 1 amide bonds. The minimum absolute atomic E-state index is 0.405. The van der Waals surface area contributed by atoms with Crippen LogP contribution in [-0.4, -0.2) is 25.1 Å². The molecule has 1 atom stereocenters. The molecular weight excluding hydrogens is 342 g/mol. The fourth-order valence-corrected chi connectivity index (χ4v) is 2.18. The average molecular weight is 360 g/mol. The quantitative estimate of drug-likeness (QED) is 0.627. The van der Waals surface area contributed by atoms with E-state index in [2.05, 4.69) is 5.32 Å². The number of amides is 1. The van der Waals surface area contributed by atoms with E-state index in [9.17, 15) is 9.59 Å². The number of esters is 1. The Morgan fingerprint density at radius 1 is 1.16 bits per heavy atom. The van der Waals surface area contributed by atoms with E-state index >= 15 is 0 Å². The van der Waals surface area contributed by atoms with Crippen LogP contribution in [-0.2, 0) is 14.3 Å². The first-order valence-corrected chi connectivity index (χ1v) is 7.95. The molecule has 0 bridgehead atoms. The summed E-state index contributed by atoms with van der Waals surface area (Å²) in [5, 5.41) is 3.08. The molecule has 5 nitrogen and oxygen atoms in total. The summed E-state index contributed by atoms with van der Waals surface area (Å²) in [5.41, 5.74) is 1.27. The van der Waals surface area contributed by atoms with Crippen molar-refractivity contribution >= 4 is 35.2 Å². The molecular formula is C19H18ClNO4. The Balaban J connectivity index is 1.95. The third-order valence-electron chi connectivity index (χ3n) is 3.29. The predicted octanol–water partition coefficient (Wildman–Crippen LogP) is 3.93. The van der Waals surface area contributed by atoms with Crippen molar-refractivity contribution < 1.29 is 19.1 Å². The maximum atomic E-state index is 12.2. The molecule has 0 radical (unpaired) electrons. The third kappa shape index (κ3) is 5.65. The summed E-state index contributed by atoms with van der Waals surface area (Å²) in [7, 11) is 1.48. The lowest BCUT2D eigenvalue weighted by atomic mass is 10.2. The van der Waals surface area contributed by atoms with E-state index in [1.807, 2.05) is 30.3 Å². The van der Waals surface area contributed by atoms with Gasteiger partial charge in [-0.05, 0) is 36.8 Å². The largest absolute Gasteiger partial charge is 0.495 e. The maximum absolute atomic E-state index is 12.2. The zero-order valence-corrected chi connectivity index (χ0v) is 14.6. The Hall–Kier alpha value is -2.79. The Morgan fingerprint density at radius 3 is 2.56 bits per heavy atom. The van der Waals surface area contributed by atoms with E-state index in [1.54, 1.807) is 24.3 Å². The normalized spacial score (nSPS) is 11.8. The third-order valence-corrected chi connectivity index (χ3v) is 3.53. The van der Waals surface area contributed by atoms with Gasteiger partial charge < -0.3 is 14.8 Å². The number of carbonyl (C=O) groups is 2. The highest BCUT2D eigenvalue weighted by atomic mass is 35.5. The SMILES string of the molecule is COc1ccc(Cl)cc1NC(=O)[C@@H](C)OC(=O)/C=C/c1ccccc1. The van der Waals surface area contributed by atoms with Gasteiger partial charge >= 0.3 is 5.97 Å². The van der Waals surface area contributed by atoms with Gasteiger partial charge in [-0.15, -0.1) is 0 Å². The van der Waals surface area contributed by atoms with Crippen LogP contribution in [0.4, 0.5) is 5.69 Å². The number of halogens is 1. The summed E-state index contributed by atoms with van der Waals surface area (Å²) in [4.78, 5) is 24.0. The number of methoxy groups -OCH3 is 1. The summed E-state index contributed by atoms with van der Waals surface area (Å²) in [6, 6.07) is 14.1. The van der Waals surface area contributed by atoms with Crippen molar-refractivity contribution in [3.05, 3.63) is 65.2 Å². The van der Waals surface area contributed by atoms with Crippen LogP contribution in [0.3, 0.4) is 0 Å². The van der Waals surface area contributed by atoms with Crippen molar-refractivity contribution in [2.45, 2.75) is 13.0 Å². The number of hydrogen-bond donors (Lipinski definition) is 1. The first-order valence-electron chi connectivity index (χ1n) is 7.57. The van der Waals surface area contributed by atoms with E-state index in [0.717, 1.165) is 5.56 Å². The highest BCUT2D eigenvalue weighted by molar-refractivity contribution is 6.31. The molecule has 0 spiro atoms. The Morgan fingerprint density at radius 2 is 1.88 bits per heavy atom. The fraction of sp³-hybridized carbons (Fsp3) is 0.158. The van der Waals surface area contributed by atoms with Crippen LogP contribution in [0.15, 0.2) is 54.6 Å². The lowest BCUT2D eigenvalue weighted by Crippen LogP contribution is -2.29. The van der Waals surface area contributed by atoms with Gasteiger partial charge in [0.05, 0.1) is 12.8 Å². The van der Waals surface area contributed by atoms with Crippen LogP contribution >= 0.6 is 11.6 Å². The van der Waals surface area contributed by atoms with E-state index in [4.69, 9.17) is 21.1 Å². The number of hydrogen-bond acceptors (Lipinski definition) is 4. The first-order chi connectivity index (χ1) is 12.0. The van der Waals surface area contributed by atoms with Crippen LogP contribution < -0.4 is 10.1 Å². The average Bonchev–Trinajstić information content (AvgIpc) is 2.61. The van der Waals surface area contributed by atoms with Crippen molar-refractivity contribution in [1.82, 2.24) is 0 Å². The van der Waals surface area contributed by atoms with E-state index < -0.39 is 18.0 Å². The highest BCUT2D eigenvalue weighted by Gasteiger charge is 2.18. The minimum Gasteiger partial charge on any atom is -0.495 e. The molecule has 2 rings (SSSR count). The van der Waals surface area contributed by atoms with Gasteiger partial charge in [-0.2, -0.15) is 0 Å². The van der Waals surface area contributed by atoms with Gasteiger partial charge in [0.2, 0.25) is 0 Å². The lowest BCUT2D eigenvalue weighted by Gasteiger charge is -2.14. The van der Waals surface area contributed by atoms with Gasteiger partial charge in [-0.1, -0.05) is 41.9 Å². The summed E-state index contributed by atoms with van der Waals surface area (Å²) in [5.74, 6) is -0.633. The lowest BCUT2D eigenvalue weighted by molar-refractivity contribution is -0.148. The topological polar surface area (TPSA) is 64.6 Å². The summed E-state index contributed by atoms with van der Waals surface area (Å²) in [6.07, 6.45) is 1.92. The van der Waals surface area contributed by atoms with E-state index in [0.29, 0.717) is 16.5 Å². The van der Waals surface area contributed by atoms with Crippen molar-refractivity contribution in [1.29, 1.82) is 0 Å². The molecule has 0 saturated heterocycles. The smallest absolute Gasteiger partial charge is 0.331 e. The first kappa shape index (κ1) is 18.5. The summed E-state index contributed by atoms with van der Waals surface area (Å²) >= 11 is 5.92.